The Morgan fingerprint density at radius 2 is 1.31 bits per heavy atom. The van der Waals surface area contributed by atoms with Crippen molar-refractivity contribution in [1.29, 1.82) is 0 Å². The largest absolute Gasteiger partial charge is 0.317 e. The summed E-state index contributed by atoms with van der Waals surface area (Å²) in [4.78, 5) is 12.1. The summed E-state index contributed by atoms with van der Waals surface area (Å²) >= 11 is 0. The minimum absolute atomic E-state index is 0.119. The molecule has 4 N–H and O–H groups in total. The van der Waals surface area contributed by atoms with Crippen molar-refractivity contribution in [2.75, 3.05) is 0 Å². The van der Waals surface area contributed by atoms with Gasteiger partial charge in [0, 0.05) is 29.3 Å². The molecule has 2 saturated heterocycles. The highest BCUT2D eigenvalue weighted by Crippen LogP contribution is 2.46. The average Bonchev–Trinajstić information content (AvgIpc) is 3.51. The van der Waals surface area contributed by atoms with E-state index in [1.54, 1.807) is 0 Å². The Morgan fingerprint density at radius 1 is 0.694 bits per heavy atom. The highest BCUT2D eigenvalue weighted by Gasteiger charge is 2.49. The Balaban J connectivity index is 0.984. The normalized spacial score (nSPS) is 36.0. The highest BCUT2D eigenvalue weighted by atomic mass is 19.1. The van der Waals surface area contributed by atoms with Crippen LogP contribution in [-0.2, 0) is 0 Å². The van der Waals surface area contributed by atoms with Gasteiger partial charge in [0.05, 0.1) is 11.8 Å². The molecule has 0 radical (unpaired) electrons. The van der Waals surface area contributed by atoms with Crippen LogP contribution in [0.1, 0.15) is 43.1 Å². The van der Waals surface area contributed by atoms with Crippen molar-refractivity contribution in [2.24, 2.45) is 16.8 Å². The molecule has 2 aliphatic carbocycles. The molecule has 5 aliphatic rings. The predicted octanol–water partition coefficient (Wildman–Crippen LogP) is 4.07. The van der Waals surface area contributed by atoms with Crippen molar-refractivity contribution >= 4 is 5.71 Å². The number of alkyl halides is 1. The van der Waals surface area contributed by atoms with Gasteiger partial charge in [0.25, 0.3) is 0 Å². The average molecular weight is 487 g/mol. The van der Waals surface area contributed by atoms with Crippen LogP contribution in [-0.4, -0.2) is 46.3 Å². The van der Waals surface area contributed by atoms with E-state index < -0.39 is 6.30 Å². The van der Waals surface area contributed by atoms with Crippen LogP contribution >= 0.6 is 0 Å². The molecule has 0 bridgehead atoms. The van der Waals surface area contributed by atoms with E-state index >= 15 is 0 Å². The van der Waals surface area contributed by atoms with E-state index in [1.165, 1.54) is 12.8 Å². The van der Waals surface area contributed by atoms with Crippen LogP contribution in [0.5, 0.6) is 0 Å². The number of H-pyrrole nitrogens is 1. The van der Waals surface area contributed by atoms with Gasteiger partial charge in [-0.25, -0.2) is 9.37 Å². The number of piperidine rings is 2. The quantitative estimate of drug-likeness (QED) is 0.410. The summed E-state index contributed by atoms with van der Waals surface area (Å²) in [6.45, 7) is 0. The molecule has 8 atom stereocenters. The van der Waals surface area contributed by atoms with E-state index in [1.807, 2.05) is 48.5 Å². The Morgan fingerprint density at radius 3 is 1.94 bits per heavy atom. The van der Waals surface area contributed by atoms with E-state index in [9.17, 15) is 8.78 Å². The second-order valence-corrected chi connectivity index (χ2v) is 11.1. The first-order valence-electron chi connectivity index (χ1n) is 13.1. The third-order valence-electron chi connectivity index (χ3n) is 8.68. The SMILES string of the molecule is Fc1[nH]c([C@@H]2CC3C[C@H]3N2)nc1-c1ccc(-c2ccc(C3=NC([C@@H]4C[C@H]5CC5N4)NC3F)cc2)cc1. The van der Waals surface area contributed by atoms with Gasteiger partial charge in [-0.05, 0) is 48.6 Å². The molecule has 0 spiro atoms. The molecule has 1 aromatic heterocycles. The Kier molecular flexibility index (Phi) is 4.57. The van der Waals surface area contributed by atoms with Gasteiger partial charge in [-0.15, -0.1) is 0 Å². The topological polar surface area (TPSA) is 77.1 Å². The molecule has 8 rings (SSSR count). The van der Waals surface area contributed by atoms with Crippen molar-refractivity contribution in [3.63, 3.8) is 0 Å². The molecule has 4 heterocycles. The maximum Gasteiger partial charge on any atom is 0.219 e. The second-order valence-electron chi connectivity index (χ2n) is 11.1. The van der Waals surface area contributed by atoms with Crippen LogP contribution in [0.3, 0.4) is 0 Å². The minimum Gasteiger partial charge on any atom is -0.317 e. The van der Waals surface area contributed by atoms with E-state index in [4.69, 9.17) is 0 Å². The van der Waals surface area contributed by atoms with Gasteiger partial charge in [0.1, 0.15) is 17.7 Å². The number of hydrogen-bond acceptors (Lipinski definition) is 5. The van der Waals surface area contributed by atoms with Crippen molar-refractivity contribution in [3.8, 4) is 22.4 Å². The van der Waals surface area contributed by atoms with E-state index in [2.05, 4.69) is 30.9 Å². The zero-order chi connectivity index (χ0) is 24.0. The lowest BCUT2D eigenvalue weighted by Gasteiger charge is -2.18. The molecule has 6 nitrogen and oxygen atoms in total. The molecule has 3 aliphatic heterocycles. The second kappa shape index (κ2) is 7.78. The van der Waals surface area contributed by atoms with Gasteiger partial charge >= 0.3 is 0 Å². The minimum atomic E-state index is -1.25. The number of aromatic amines is 1. The standard InChI is InChI=1S/C28H28F2N6/c29-25-23(33-27(35-25)21-11-17-9-19(17)31-21)15-5-1-13(2-6-15)14-3-7-16(8-4-14)24-26(30)36-28(34-24)22-12-18-10-20(18)32-22/h1-8,17-22,25,27,31-32,35H,9-12H2,(H,34,36)/t17-,18?,19?,20-,21+,22+,25?,27?/m1/s1. The molecular weight excluding hydrogens is 458 g/mol. The highest BCUT2D eigenvalue weighted by molar-refractivity contribution is 6.05. The summed E-state index contributed by atoms with van der Waals surface area (Å²) < 4.78 is 29.4. The summed E-state index contributed by atoms with van der Waals surface area (Å²) in [6.07, 6.45) is 3.12. The zero-order valence-electron chi connectivity index (χ0n) is 19.7. The lowest BCUT2D eigenvalue weighted by molar-refractivity contribution is 0.310. The zero-order valence-corrected chi connectivity index (χ0v) is 19.7. The van der Waals surface area contributed by atoms with E-state index in [0.717, 1.165) is 46.9 Å². The summed E-state index contributed by atoms with van der Waals surface area (Å²) in [7, 11) is 0. The molecule has 2 aromatic carbocycles. The van der Waals surface area contributed by atoms with Gasteiger partial charge in [-0.3, -0.25) is 10.3 Å². The number of rotatable bonds is 5. The number of fused-ring (bicyclic) bond motifs is 2. The van der Waals surface area contributed by atoms with Crippen LogP contribution < -0.4 is 16.0 Å². The van der Waals surface area contributed by atoms with E-state index in [-0.39, 0.29) is 24.2 Å². The fourth-order valence-corrected chi connectivity index (χ4v) is 6.42. The van der Waals surface area contributed by atoms with Crippen molar-refractivity contribution in [3.05, 3.63) is 65.9 Å². The molecule has 0 amide bonds. The molecule has 184 valence electrons. The third kappa shape index (κ3) is 3.54. The summed E-state index contributed by atoms with van der Waals surface area (Å²) in [6, 6.07) is 17.1. The number of imidazole rings is 1. The summed E-state index contributed by atoms with van der Waals surface area (Å²) in [5.41, 5.74) is 4.40. The molecule has 8 heteroatoms. The van der Waals surface area contributed by atoms with Gasteiger partial charge < -0.3 is 15.6 Å². The number of aromatic nitrogens is 2. The fraction of sp³-hybridized carbons (Fsp3) is 0.429. The molecule has 3 aromatic rings. The molecule has 36 heavy (non-hydrogen) atoms. The van der Waals surface area contributed by atoms with Crippen LogP contribution in [0.2, 0.25) is 0 Å². The number of aliphatic imine (C=N–C) groups is 1. The van der Waals surface area contributed by atoms with Crippen LogP contribution in [0.25, 0.3) is 22.4 Å². The molecule has 4 fully saturated rings. The molecule has 2 saturated carbocycles. The van der Waals surface area contributed by atoms with Crippen LogP contribution in [0.15, 0.2) is 53.5 Å². The predicted molar refractivity (Wildman–Crippen MR) is 134 cm³/mol. The third-order valence-corrected chi connectivity index (χ3v) is 8.68. The summed E-state index contributed by atoms with van der Waals surface area (Å²) in [5.74, 6) is 1.77. The van der Waals surface area contributed by atoms with Gasteiger partial charge in [0.2, 0.25) is 5.95 Å². The lowest BCUT2D eigenvalue weighted by Crippen LogP contribution is -2.44. The van der Waals surface area contributed by atoms with Crippen molar-refractivity contribution < 1.29 is 8.78 Å². The van der Waals surface area contributed by atoms with Gasteiger partial charge in [-0.2, -0.15) is 4.39 Å². The Bertz CT molecular complexity index is 1330. The number of halogens is 2. The van der Waals surface area contributed by atoms with Crippen molar-refractivity contribution in [1.82, 2.24) is 25.9 Å². The maximum atomic E-state index is 14.8. The monoisotopic (exact) mass is 486 g/mol. The number of benzene rings is 2. The molecule has 4 unspecified atom stereocenters. The van der Waals surface area contributed by atoms with Crippen molar-refractivity contribution in [2.45, 2.75) is 62.3 Å². The maximum absolute atomic E-state index is 14.8. The first kappa shape index (κ1) is 21.2. The van der Waals surface area contributed by atoms with Gasteiger partial charge in [0.15, 0.2) is 6.30 Å². The Labute approximate surface area is 208 Å². The smallest absolute Gasteiger partial charge is 0.219 e. The number of hydrogen-bond donors (Lipinski definition) is 4. The fourth-order valence-electron chi connectivity index (χ4n) is 6.42. The Hall–Kier alpha value is -2.94. The first-order chi connectivity index (χ1) is 17.6. The van der Waals surface area contributed by atoms with Crippen LogP contribution in [0.4, 0.5) is 8.78 Å². The summed E-state index contributed by atoms with van der Waals surface area (Å²) in [5, 5.41) is 10.1. The van der Waals surface area contributed by atoms with Gasteiger partial charge in [-0.1, -0.05) is 48.5 Å². The number of nitrogens with one attached hydrogen (secondary N) is 4. The number of nitrogens with zero attached hydrogens (tertiary/aromatic N) is 2. The first-order valence-corrected chi connectivity index (χ1v) is 13.1. The van der Waals surface area contributed by atoms with E-state index in [0.29, 0.717) is 29.3 Å². The molecular formula is C28H28F2N6. The van der Waals surface area contributed by atoms with Crippen LogP contribution in [0, 0.1) is 17.8 Å². The lowest BCUT2D eigenvalue weighted by atomic mass is 10.0.